The zero-order valence-corrected chi connectivity index (χ0v) is 18.9. The standard InChI is InChI=1S/C26H26N2O5/c1-15-9-10-19(11-16(15)2)28-23-25(32)27(14-18-7-5-4-6-8-18)21(12-17(3)29)26(23)20(24(28)31)13-22(30)33-26/h4-11,20-21,23H,12-14H2,1-3H3. The summed E-state index contributed by atoms with van der Waals surface area (Å²) in [6.45, 7) is 5.66. The first kappa shape index (κ1) is 21.4. The highest BCUT2D eigenvalue weighted by atomic mass is 16.6. The molecule has 3 fully saturated rings. The molecule has 4 unspecified atom stereocenters. The Labute approximate surface area is 192 Å². The number of rotatable bonds is 5. The van der Waals surface area contributed by atoms with Crippen LogP contribution in [-0.4, -0.2) is 46.2 Å². The summed E-state index contributed by atoms with van der Waals surface area (Å²) in [5.74, 6) is -2.02. The average molecular weight is 447 g/mol. The van der Waals surface area contributed by atoms with E-state index in [-0.39, 0.29) is 37.0 Å². The van der Waals surface area contributed by atoms with Crippen molar-refractivity contribution in [3.63, 3.8) is 0 Å². The van der Waals surface area contributed by atoms with Gasteiger partial charge >= 0.3 is 5.97 Å². The predicted octanol–water partition coefficient (Wildman–Crippen LogP) is 2.71. The number of hydrogen-bond acceptors (Lipinski definition) is 5. The Morgan fingerprint density at radius 3 is 2.42 bits per heavy atom. The fraction of sp³-hybridized carbons (Fsp3) is 0.385. The second-order valence-electron chi connectivity index (χ2n) is 9.34. The minimum absolute atomic E-state index is 0.0207. The number of nitrogens with zero attached hydrogens (tertiary/aromatic N) is 2. The molecule has 0 aliphatic carbocycles. The smallest absolute Gasteiger partial charge is 0.307 e. The van der Waals surface area contributed by atoms with Crippen LogP contribution in [0.1, 0.15) is 36.5 Å². The number of ether oxygens (including phenoxy) is 1. The van der Waals surface area contributed by atoms with Crippen LogP contribution < -0.4 is 4.90 Å². The van der Waals surface area contributed by atoms with E-state index in [9.17, 15) is 19.2 Å². The monoisotopic (exact) mass is 446 g/mol. The molecule has 7 heteroatoms. The molecule has 5 rings (SSSR count). The largest absolute Gasteiger partial charge is 0.453 e. The molecule has 3 heterocycles. The van der Waals surface area contributed by atoms with Crippen LogP contribution in [0.2, 0.25) is 0 Å². The van der Waals surface area contributed by atoms with Crippen LogP contribution in [0.25, 0.3) is 0 Å². The number of ketones is 1. The van der Waals surface area contributed by atoms with Crippen LogP contribution in [0.4, 0.5) is 5.69 Å². The summed E-state index contributed by atoms with van der Waals surface area (Å²) in [6, 6.07) is 13.4. The lowest BCUT2D eigenvalue weighted by Crippen LogP contribution is -2.52. The van der Waals surface area contributed by atoms with Crippen molar-refractivity contribution in [1.82, 2.24) is 4.90 Å². The molecule has 7 nitrogen and oxygen atoms in total. The van der Waals surface area contributed by atoms with Crippen LogP contribution >= 0.6 is 0 Å². The topological polar surface area (TPSA) is 84.0 Å². The molecule has 2 amide bonds. The maximum absolute atomic E-state index is 13.9. The molecule has 33 heavy (non-hydrogen) atoms. The van der Waals surface area contributed by atoms with Crippen molar-refractivity contribution >= 4 is 29.3 Å². The number of hydrogen-bond donors (Lipinski definition) is 0. The van der Waals surface area contributed by atoms with Gasteiger partial charge in [0, 0.05) is 18.7 Å². The van der Waals surface area contributed by atoms with Gasteiger partial charge in [0.2, 0.25) is 5.91 Å². The molecule has 1 spiro atoms. The summed E-state index contributed by atoms with van der Waals surface area (Å²) < 4.78 is 5.91. The lowest BCUT2D eigenvalue weighted by atomic mass is 9.80. The predicted molar refractivity (Wildman–Crippen MR) is 120 cm³/mol. The molecule has 2 aromatic carbocycles. The Bertz CT molecular complexity index is 1180. The third kappa shape index (κ3) is 3.09. The minimum atomic E-state index is -1.37. The fourth-order valence-electron chi connectivity index (χ4n) is 5.66. The van der Waals surface area contributed by atoms with Crippen LogP contribution in [0.15, 0.2) is 48.5 Å². The summed E-state index contributed by atoms with van der Waals surface area (Å²) >= 11 is 0. The van der Waals surface area contributed by atoms with Gasteiger partial charge in [-0.2, -0.15) is 0 Å². The maximum Gasteiger partial charge on any atom is 0.307 e. The van der Waals surface area contributed by atoms with Crippen molar-refractivity contribution in [3.8, 4) is 0 Å². The van der Waals surface area contributed by atoms with Crippen molar-refractivity contribution in [2.75, 3.05) is 4.90 Å². The molecule has 4 atom stereocenters. The first-order chi connectivity index (χ1) is 15.7. The molecule has 0 radical (unpaired) electrons. The van der Waals surface area contributed by atoms with Crippen molar-refractivity contribution < 1.29 is 23.9 Å². The van der Waals surface area contributed by atoms with E-state index in [1.54, 1.807) is 4.90 Å². The molecule has 3 aliphatic rings. The van der Waals surface area contributed by atoms with E-state index >= 15 is 0 Å². The highest BCUT2D eigenvalue weighted by Crippen LogP contribution is 2.55. The molecule has 0 aromatic heterocycles. The van der Waals surface area contributed by atoms with Crippen molar-refractivity contribution in [2.45, 2.75) is 57.8 Å². The van der Waals surface area contributed by atoms with E-state index in [0.717, 1.165) is 16.7 Å². The number of likely N-dealkylation sites (tertiary alicyclic amines) is 1. The van der Waals surface area contributed by atoms with Crippen molar-refractivity contribution in [1.29, 1.82) is 0 Å². The summed E-state index contributed by atoms with van der Waals surface area (Å²) in [4.78, 5) is 55.5. The Hall–Kier alpha value is -3.48. The highest BCUT2D eigenvalue weighted by molar-refractivity contribution is 6.11. The summed E-state index contributed by atoms with van der Waals surface area (Å²) in [6.07, 6.45) is -0.0650. The van der Waals surface area contributed by atoms with Gasteiger partial charge in [-0.1, -0.05) is 36.4 Å². The SMILES string of the molecule is CC(=O)CC1N(Cc2ccccc2)C(=O)C2N(c3ccc(C)c(C)c3)C(=O)C3CC(=O)OC312. The van der Waals surface area contributed by atoms with E-state index in [0.29, 0.717) is 5.69 Å². The number of esters is 1. The lowest BCUT2D eigenvalue weighted by Gasteiger charge is -2.34. The zero-order chi connectivity index (χ0) is 23.5. The quantitative estimate of drug-likeness (QED) is 0.660. The third-order valence-corrected chi connectivity index (χ3v) is 7.29. The van der Waals surface area contributed by atoms with Crippen LogP contribution in [0.5, 0.6) is 0 Å². The Balaban J connectivity index is 1.65. The molecule has 0 N–H and O–H groups in total. The van der Waals surface area contributed by atoms with E-state index in [1.807, 2.05) is 62.4 Å². The summed E-state index contributed by atoms with van der Waals surface area (Å²) in [7, 11) is 0. The molecule has 0 bridgehead atoms. The number of aryl methyl sites for hydroxylation is 2. The molecule has 2 aromatic rings. The first-order valence-electron chi connectivity index (χ1n) is 11.2. The molecule has 170 valence electrons. The second-order valence-corrected chi connectivity index (χ2v) is 9.34. The van der Waals surface area contributed by atoms with Gasteiger partial charge in [0.1, 0.15) is 5.78 Å². The van der Waals surface area contributed by atoms with Gasteiger partial charge in [-0.15, -0.1) is 0 Å². The number of carbonyl (C=O) groups excluding carboxylic acids is 4. The van der Waals surface area contributed by atoms with E-state index in [2.05, 4.69) is 0 Å². The lowest BCUT2D eigenvalue weighted by molar-refractivity contribution is -0.152. The van der Waals surface area contributed by atoms with Crippen molar-refractivity contribution in [3.05, 3.63) is 65.2 Å². The van der Waals surface area contributed by atoms with E-state index in [4.69, 9.17) is 4.74 Å². The normalized spacial score (nSPS) is 28.2. The number of amides is 2. The Kier molecular flexibility index (Phi) is 4.88. The fourth-order valence-corrected chi connectivity index (χ4v) is 5.66. The number of carbonyl (C=O) groups is 4. The van der Waals surface area contributed by atoms with Crippen LogP contribution in [0.3, 0.4) is 0 Å². The van der Waals surface area contributed by atoms with Gasteiger partial charge < -0.3 is 9.64 Å². The molecular formula is C26H26N2O5. The van der Waals surface area contributed by atoms with Crippen LogP contribution in [-0.2, 0) is 30.5 Å². The first-order valence-corrected chi connectivity index (χ1v) is 11.2. The number of Topliss-reactive ketones (excluding diaryl/α,β-unsaturated/α-hetero) is 1. The maximum atomic E-state index is 13.9. The van der Waals surface area contributed by atoms with Crippen molar-refractivity contribution in [2.24, 2.45) is 5.92 Å². The molecule has 3 aliphatic heterocycles. The van der Waals surface area contributed by atoms with Gasteiger partial charge in [0.15, 0.2) is 11.6 Å². The van der Waals surface area contributed by atoms with Gasteiger partial charge in [-0.3, -0.25) is 24.1 Å². The minimum Gasteiger partial charge on any atom is -0.453 e. The number of benzene rings is 2. The van der Waals surface area contributed by atoms with E-state index < -0.39 is 29.6 Å². The Morgan fingerprint density at radius 1 is 1.03 bits per heavy atom. The van der Waals surface area contributed by atoms with E-state index in [1.165, 1.54) is 11.8 Å². The summed E-state index contributed by atoms with van der Waals surface area (Å²) in [5, 5.41) is 0. The van der Waals surface area contributed by atoms with Gasteiger partial charge in [-0.25, -0.2) is 0 Å². The van der Waals surface area contributed by atoms with Crippen LogP contribution in [0, 0.1) is 19.8 Å². The van der Waals surface area contributed by atoms with Gasteiger partial charge in [0.05, 0.1) is 18.4 Å². The molecule has 0 saturated carbocycles. The average Bonchev–Trinajstić information content (AvgIpc) is 3.30. The van der Waals surface area contributed by atoms with Gasteiger partial charge in [0.25, 0.3) is 5.91 Å². The second kappa shape index (κ2) is 7.54. The Morgan fingerprint density at radius 2 is 1.76 bits per heavy atom. The highest BCUT2D eigenvalue weighted by Gasteiger charge is 2.77. The molecule has 3 saturated heterocycles. The number of anilines is 1. The zero-order valence-electron chi connectivity index (χ0n) is 18.9. The molecular weight excluding hydrogens is 420 g/mol. The van der Waals surface area contributed by atoms with Gasteiger partial charge in [-0.05, 0) is 49.6 Å². The third-order valence-electron chi connectivity index (χ3n) is 7.29. The summed E-state index contributed by atoms with van der Waals surface area (Å²) in [5.41, 5.74) is 2.21.